The number of hydrogen-bond acceptors (Lipinski definition) is 7. The predicted octanol–water partition coefficient (Wildman–Crippen LogP) is 3.34. The molecule has 9 heteroatoms. The Morgan fingerprint density at radius 2 is 2.22 bits per heavy atom. The zero-order valence-corrected chi connectivity index (χ0v) is 19.2. The average Bonchev–Trinajstić information content (AvgIpc) is 2.80. The molecular formula is C23H30ClN5O3. The zero-order valence-electron chi connectivity index (χ0n) is 18.5. The number of nitrogens with one attached hydrogen (secondary N) is 3. The van der Waals surface area contributed by atoms with Crippen LogP contribution in [0.3, 0.4) is 0 Å². The van der Waals surface area contributed by atoms with Gasteiger partial charge in [-0.1, -0.05) is 17.7 Å². The first-order valence-electron chi connectivity index (χ1n) is 11.0. The smallest absolute Gasteiger partial charge is 0.229 e. The molecule has 0 aliphatic carbocycles. The van der Waals surface area contributed by atoms with Crippen LogP contribution >= 0.6 is 11.6 Å². The van der Waals surface area contributed by atoms with Crippen LogP contribution < -0.4 is 16.0 Å². The summed E-state index contributed by atoms with van der Waals surface area (Å²) in [7, 11) is 0. The third kappa shape index (κ3) is 5.95. The molecule has 1 amide bonds. The number of carbonyl (C=O) groups excluding carboxylic acids is 1. The van der Waals surface area contributed by atoms with Crippen molar-refractivity contribution in [2.45, 2.75) is 38.4 Å². The first-order valence-corrected chi connectivity index (χ1v) is 11.4. The Morgan fingerprint density at radius 3 is 2.97 bits per heavy atom. The molecule has 2 fully saturated rings. The number of aromatic nitrogens is 2. The lowest BCUT2D eigenvalue weighted by molar-refractivity contribution is -0.170. The first-order chi connectivity index (χ1) is 15.4. The van der Waals surface area contributed by atoms with Gasteiger partial charge in [0.25, 0.3) is 0 Å². The molecule has 2 aliphatic rings. The number of nitrogens with zero attached hydrogens (tertiary/aromatic N) is 2. The third-order valence-corrected chi connectivity index (χ3v) is 5.94. The molecule has 2 aromatic rings. The SMILES string of the molecule is CC1(C)CO[C@H](CNc2cccc(-c3cc(NC(=O)C4CCCNC4)ncc3Cl)n2)CO1. The Hall–Kier alpha value is -2.26. The minimum atomic E-state index is -0.243. The molecule has 2 aromatic heterocycles. The van der Waals surface area contributed by atoms with Crippen molar-refractivity contribution in [3.63, 3.8) is 0 Å². The summed E-state index contributed by atoms with van der Waals surface area (Å²) in [6.45, 7) is 7.37. The van der Waals surface area contributed by atoms with E-state index in [1.807, 2.05) is 32.0 Å². The second-order valence-electron chi connectivity index (χ2n) is 8.87. The van der Waals surface area contributed by atoms with Crippen LogP contribution in [0.4, 0.5) is 11.6 Å². The molecule has 0 spiro atoms. The summed E-state index contributed by atoms with van der Waals surface area (Å²) in [5, 5.41) is 9.95. The predicted molar refractivity (Wildman–Crippen MR) is 125 cm³/mol. The second kappa shape index (κ2) is 10.1. The quantitative estimate of drug-likeness (QED) is 0.609. The van der Waals surface area contributed by atoms with Crippen LogP contribution in [0.25, 0.3) is 11.3 Å². The molecule has 3 N–H and O–H groups in total. The molecule has 172 valence electrons. The van der Waals surface area contributed by atoms with E-state index in [0.29, 0.717) is 54.2 Å². The average molecular weight is 460 g/mol. The zero-order chi connectivity index (χ0) is 22.6. The Kier molecular flexibility index (Phi) is 7.25. The molecule has 8 nitrogen and oxygen atoms in total. The number of piperidine rings is 1. The van der Waals surface area contributed by atoms with Gasteiger partial charge >= 0.3 is 0 Å². The van der Waals surface area contributed by atoms with E-state index in [1.54, 1.807) is 12.3 Å². The van der Waals surface area contributed by atoms with E-state index in [1.165, 1.54) is 0 Å². The fourth-order valence-electron chi connectivity index (χ4n) is 3.75. The van der Waals surface area contributed by atoms with E-state index >= 15 is 0 Å². The van der Waals surface area contributed by atoms with Crippen LogP contribution in [0.2, 0.25) is 5.02 Å². The van der Waals surface area contributed by atoms with Gasteiger partial charge in [-0.15, -0.1) is 0 Å². The Balaban J connectivity index is 1.41. The van der Waals surface area contributed by atoms with E-state index in [2.05, 4.69) is 25.9 Å². The van der Waals surface area contributed by atoms with Crippen molar-refractivity contribution in [2.75, 3.05) is 43.5 Å². The largest absolute Gasteiger partial charge is 0.371 e. The highest BCUT2D eigenvalue weighted by atomic mass is 35.5. The molecule has 4 rings (SSSR count). The fourth-order valence-corrected chi connectivity index (χ4v) is 3.95. The molecular weight excluding hydrogens is 430 g/mol. The van der Waals surface area contributed by atoms with Crippen LogP contribution in [-0.4, -0.2) is 60.4 Å². The van der Waals surface area contributed by atoms with Crippen molar-refractivity contribution in [3.8, 4) is 11.3 Å². The number of ether oxygens (including phenoxy) is 2. The van der Waals surface area contributed by atoms with Crippen molar-refractivity contribution in [3.05, 3.63) is 35.5 Å². The second-order valence-corrected chi connectivity index (χ2v) is 9.28. The van der Waals surface area contributed by atoms with E-state index in [4.69, 9.17) is 21.1 Å². The Morgan fingerprint density at radius 1 is 1.34 bits per heavy atom. The number of hydrogen-bond donors (Lipinski definition) is 3. The molecule has 4 heterocycles. The number of amides is 1. The van der Waals surface area contributed by atoms with Crippen molar-refractivity contribution in [2.24, 2.45) is 5.92 Å². The summed E-state index contributed by atoms with van der Waals surface area (Å²) < 4.78 is 11.7. The van der Waals surface area contributed by atoms with Crippen LogP contribution in [0.5, 0.6) is 0 Å². The van der Waals surface area contributed by atoms with E-state index < -0.39 is 0 Å². The summed E-state index contributed by atoms with van der Waals surface area (Å²) in [4.78, 5) is 21.5. The third-order valence-electron chi connectivity index (χ3n) is 5.64. The summed E-state index contributed by atoms with van der Waals surface area (Å²) in [5.41, 5.74) is 1.16. The van der Waals surface area contributed by atoms with Crippen LogP contribution in [0, 0.1) is 5.92 Å². The van der Waals surface area contributed by atoms with E-state index in [9.17, 15) is 4.79 Å². The number of anilines is 2. The highest BCUT2D eigenvalue weighted by Gasteiger charge is 2.28. The lowest BCUT2D eigenvalue weighted by Gasteiger charge is -2.35. The summed E-state index contributed by atoms with van der Waals surface area (Å²) >= 11 is 6.41. The molecule has 2 atom stereocenters. The minimum Gasteiger partial charge on any atom is -0.371 e. The van der Waals surface area contributed by atoms with Crippen molar-refractivity contribution in [1.82, 2.24) is 15.3 Å². The van der Waals surface area contributed by atoms with Crippen LogP contribution in [0.1, 0.15) is 26.7 Å². The van der Waals surface area contributed by atoms with E-state index in [0.717, 1.165) is 19.4 Å². The van der Waals surface area contributed by atoms with Gasteiger partial charge in [-0.3, -0.25) is 4.79 Å². The Bertz CT molecular complexity index is 939. The monoisotopic (exact) mass is 459 g/mol. The number of pyridine rings is 2. The summed E-state index contributed by atoms with van der Waals surface area (Å²) in [6, 6.07) is 7.45. The molecule has 0 aromatic carbocycles. The van der Waals surface area contributed by atoms with Crippen LogP contribution in [0.15, 0.2) is 30.5 Å². The van der Waals surface area contributed by atoms with Gasteiger partial charge in [0, 0.05) is 24.8 Å². The van der Waals surface area contributed by atoms with Gasteiger partial charge in [-0.25, -0.2) is 9.97 Å². The number of rotatable bonds is 6. The lowest BCUT2D eigenvalue weighted by Crippen LogP contribution is -2.44. The molecule has 0 bridgehead atoms. The highest BCUT2D eigenvalue weighted by Crippen LogP contribution is 2.29. The van der Waals surface area contributed by atoms with Gasteiger partial charge in [-0.05, 0) is 51.4 Å². The first kappa shape index (κ1) is 22.9. The highest BCUT2D eigenvalue weighted by molar-refractivity contribution is 6.33. The topological polar surface area (TPSA) is 97.4 Å². The fraction of sp³-hybridized carbons (Fsp3) is 0.522. The van der Waals surface area contributed by atoms with Gasteiger partial charge in [-0.2, -0.15) is 0 Å². The maximum Gasteiger partial charge on any atom is 0.229 e. The van der Waals surface area contributed by atoms with E-state index in [-0.39, 0.29) is 23.5 Å². The summed E-state index contributed by atoms with van der Waals surface area (Å²) in [6.07, 6.45) is 3.38. The maximum absolute atomic E-state index is 12.6. The van der Waals surface area contributed by atoms with Crippen molar-refractivity contribution in [1.29, 1.82) is 0 Å². The molecule has 2 aliphatic heterocycles. The normalized spacial score (nSPS) is 22.8. The number of halogens is 1. The van der Waals surface area contributed by atoms with Gasteiger partial charge < -0.3 is 25.4 Å². The summed E-state index contributed by atoms with van der Waals surface area (Å²) in [5.74, 6) is 1.10. The van der Waals surface area contributed by atoms with Gasteiger partial charge in [0.05, 0.1) is 41.6 Å². The number of carbonyl (C=O) groups is 1. The van der Waals surface area contributed by atoms with Crippen molar-refractivity contribution < 1.29 is 14.3 Å². The molecule has 0 saturated carbocycles. The van der Waals surface area contributed by atoms with Crippen molar-refractivity contribution >= 4 is 29.1 Å². The minimum absolute atomic E-state index is 0.0285. The van der Waals surface area contributed by atoms with Crippen LogP contribution in [-0.2, 0) is 14.3 Å². The van der Waals surface area contributed by atoms with Gasteiger partial charge in [0.2, 0.25) is 5.91 Å². The molecule has 0 radical (unpaired) electrons. The molecule has 32 heavy (non-hydrogen) atoms. The van der Waals surface area contributed by atoms with Gasteiger partial charge in [0.15, 0.2) is 0 Å². The standard InChI is InChI=1S/C23H30ClN5O3/c1-23(2)14-31-16(13-32-23)11-26-20-7-3-6-19(28-20)17-9-21(27-12-18(17)24)29-22(30)15-5-4-8-25-10-15/h3,6-7,9,12,15-16,25H,4-5,8,10-11,13-14H2,1-2H3,(H,26,28)(H,27,29,30)/t15?,16-/m1/s1. The Labute approximate surface area is 193 Å². The maximum atomic E-state index is 12.6. The molecule has 2 saturated heterocycles. The molecule has 1 unspecified atom stereocenters. The van der Waals surface area contributed by atoms with Gasteiger partial charge in [0.1, 0.15) is 11.6 Å². The lowest BCUT2D eigenvalue weighted by atomic mass is 9.99.